The number of benzene rings is 3. The van der Waals surface area contributed by atoms with Crippen LogP contribution in [0.2, 0.25) is 0 Å². The van der Waals surface area contributed by atoms with Crippen molar-refractivity contribution in [2.75, 3.05) is 17.6 Å². The van der Waals surface area contributed by atoms with Crippen LogP contribution in [0.5, 0.6) is 0 Å². The van der Waals surface area contributed by atoms with E-state index in [0.29, 0.717) is 36.5 Å². The number of hydrogen-bond donors (Lipinski definition) is 2. The molecule has 3 N–H and O–H groups in total. The number of nitrogens with zero attached hydrogens (tertiary/aromatic N) is 3. The number of carbonyl (C=O) groups is 1. The second-order valence-electron chi connectivity index (χ2n) is 9.18. The van der Waals surface area contributed by atoms with E-state index in [2.05, 4.69) is 27.4 Å². The lowest BCUT2D eigenvalue weighted by molar-refractivity contribution is 0.0728. The van der Waals surface area contributed by atoms with Gasteiger partial charge in [0.2, 0.25) is 0 Å². The Bertz CT molecular complexity index is 1690. The van der Waals surface area contributed by atoms with Gasteiger partial charge in [-0.05, 0) is 65.6 Å². The molecule has 38 heavy (non-hydrogen) atoms. The summed E-state index contributed by atoms with van der Waals surface area (Å²) in [5.41, 5.74) is 10.8. The molecule has 3 heterocycles. The van der Waals surface area contributed by atoms with E-state index in [1.807, 2.05) is 36.4 Å². The lowest BCUT2D eigenvalue weighted by Crippen LogP contribution is -2.37. The van der Waals surface area contributed by atoms with E-state index < -0.39 is 11.6 Å². The number of fused-ring (bicyclic) bond motifs is 2. The Morgan fingerprint density at radius 2 is 1.89 bits per heavy atom. The molecule has 6 nitrogen and oxygen atoms in total. The number of halogens is 2. The van der Waals surface area contributed by atoms with Crippen LogP contribution in [0.3, 0.4) is 0 Å². The molecule has 1 aliphatic heterocycles. The largest absolute Gasteiger partial charge is 0.383 e. The van der Waals surface area contributed by atoms with Crippen LogP contribution in [0.4, 0.5) is 20.3 Å². The number of nitrogens with one attached hydrogen (secondary N) is 1. The van der Waals surface area contributed by atoms with Crippen molar-refractivity contribution in [1.29, 1.82) is 0 Å². The van der Waals surface area contributed by atoms with Crippen LogP contribution in [-0.4, -0.2) is 27.3 Å². The van der Waals surface area contributed by atoms with E-state index in [1.54, 1.807) is 16.2 Å². The van der Waals surface area contributed by atoms with E-state index in [-0.39, 0.29) is 12.5 Å². The SMILES string of the molecule is Nc1ncnc2ccc(-c3ccc(CNc4cccc5c4C(=O)N(Cc4ccc(F)c(F)c4)CC5)s3)cc12. The number of carbonyl (C=O) groups excluding carboxylic acids is 1. The summed E-state index contributed by atoms with van der Waals surface area (Å²) in [5, 5.41) is 4.26. The van der Waals surface area contributed by atoms with E-state index in [9.17, 15) is 13.6 Å². The Balaban J connectivity index is 1.19. The van der Waals surface area contributed by atoms with Gasteiger partial charge in [-0.15, -0.1) is 11.3 Å². The van der Waals surface area contributed by atoms with Gasteiger partial charge in [-0.3, -0.25) is 4.79 Å². The fraction of sp³-hybridized carbons (Fsp3) is 0.138. The van der Waals surface area contributed by atoms with Gasteiger partial charge in [0, 0.05) is 40.5 Å². The first kappa shape index (κ1) is 24.0. The summed E-state index contributed by atoms with van der Waals surface area (Å²) in [4.78, 5) is 25.7. The molecule has 0 radical (unpaired) electrons. The van der Waals surface area contributed by atoms with Crippen LogP contribution in [0, 0.1) is 11.6 Å². The van der Waals surface area contributed by atoms with Gasteiger partial charge >= 0.3 is 0 Å². The summed E-state index contributed by atoms with van der Waals surface area (Å²) >= 11 is 1.66. The molecule has 1 aliphatic rings. The molecular formula is C29H23F2N5OS. The molecule has 2 aromatic heterocycles. The second-order valence-corrected chi connectivity index (χ2v) is 10.3. The second kappa shape index (κ2) is 9.83. The predicted octanol–water partition coefficient (Wildman–Crippen LogP) is 6.03. The molecule has 0 aliphatic carbocycles. The zero-order valence-electron chi connectivity index (χ0n) is 20.2. The third-order valence-corrected chi connectivity index (χ3v) is 7.86. The van der Waals surface area contributed by atoms with Crippen molar-refractivity contribution in [3.63, 3.8) is 0 Å². The minimum atomic E-state index is -0.912. The summed E-state index contributed by atoms with van der Waals surface area (Å²) in [5.74, 6) is -1.48. The van der Waals surface area contributed by atoms with E-state index in [0.717, 1.165) is 49.6 Å². The summed E-state index contributed by atoms with van der Waals surface area (Å²) in [6, 6.07) is 19.7. The first-order valence-corrected chi connectivity index (χ1v) is 13.0. The molecule has 0 saturated heterocycles. The smallest absolute Gasteiger partial charge is 0.256 e. The first-order valence-electron chi connectivity index (χ1n) is 12.1. The summed E-state index contributed by atoms with van der Waals surface area (Å²) < 4.78 is 27.0. The average molecular weight is 528 g/mol. The molecular weight excluding hydrogens is 504 g/mol. The Kier molecular flexibility index (Phi) is 6.21. The van der Waals surface area contributed by atoms with Crippen molar-refractivity contribution in [2.45, 2.75) is 19.5 Å². The minimum absolute atomic E-state index is 0.123. The lowest BCUT2D eigenvalue weighted by atomic mass is 9.96. The number of aromatic nitrogens is 2. The van der Waals surface area contributed by atoms with Crippen LogP contribution in [0.1, 0.15) is 26.4 Å². The van der Waals surface area contributed by atoms with Crippen LogP contribution in [0.25, 0.3) is 21.3 Å². The van der Waals surface area contributed by atoms with Crippen LogP contribution >= 0.6 is 11.3 Å². The Morgan fingerprint density at radius 3 is 2.76 bits per heavy atom. The number of anilines is 2. The van der Waals surface area contributed by atoms with Crippen LogP contribution in [-0.2, 0) is 19.5 Å². The predicted molar refractivity (Wildman–Crippen MR) is 146 cm³/mol. The lowest BCUT2D eigenvalue weighted by Gasteiger charge is -2.30. The van der Waals surface area contributed by atoms with Gasteiger partial charge in [0.1, 0.15) is 12.1 Å². The molecule has 0 atom stereocenters. The summed E-state index contributed by atoms with van der Waals surface area (Å²) in [7, 11) is 0. The number of thiophene rings is 1. The maximum absolute atomic E-state index is 13.7. The van der Waals surface area contributed by atoms with Gasteiger partial charge in [-0.1, -0.05) is 24.3 Å². The number of amides is 1. The highest BCUT2D eigenvalue weighted by atomic mass is 32.1. The zero-order valence-corrected chi connectivity index (χ0v) is 21.1. The Labute approximate surface area is 221 Å². The molecule has 6 rings (SSSR count). The van der Waals surface area contributed by atoms with Gasteiger partial charge in [-0.25, -0.2) is 18.7 Å². The topological polar surface area (TPSA) is 84.1 Å². The molecule has 0 bridgehead atoms. The van der Waals surface area contributed by atoms with Crippen molar-refractivity contribution >= 4 is 39.7 Å². The maximum Gasteiger partial charge on any atom is 0.256 e. The molecule has 0 spiro atoms. The molecule has 5 aromatic rings. The third kappa shape index (κ3) is 4.56. The van der Waals surface area contributed by atoms with Crippen molar-refractivity contribution < 1.29 is 13.6 Å². The average Bonchev–Trinajstić information content (AvgIpc) is 3.40. The van der Waals surface area contributed by atoms with E-state index in [4.69, 9.17) is 5.73 Å². The van der Waals surface area contributed by atoms with Crippen molar-refractivity contribution in [1.82, 2.24) is 14.9 Å². The fourth-order valence-corrected chi connectivity index (χ4v) is 5.72. The Hall–Kier alpha value is -4.37. The van der Waals surface area contributed by atoms with Gasteiger partial charge < -0.3 is 16.0 Å². The summed E-state index contributed by atoms with van der Waals surface area (Å²) in [6.07, 6.45) is 2.15. The first-order chi connectivity index (χ1) is 18.5. The summed E-state index contributed by atoms with van der Waals surface area (Å²) in [6.45, 7) is 1.29. The molecule has 0 fully saturated rings. The molecule has 1 amide bonds. The zero-order chi connectivity index (χ0) is 26.2. The normalized spacial score (nSPS) is 13.1. The van der Waals surface area contributed by atoms with E-state index >= 15 is 0 Å². The number of nitrogens with two attached hydrogens (primary N) is 1. The third-order valence-electron chi connectivity index (χ3n) is 6.73. The molecule has 0 unspecified atom stereocenters. The Morgan fingerprint density at radius 1 is 1.00 bits per heavy atom. The quantitative estimate of drug-likeness (QED) is 0.282. The van der Waals surface area contributed by atoms with Gasteiger partial charge in [0.25, 0.3) is 5.91 Å². The standard InChI is InChI=1S/C29H23F2N5OS/c30-22-7-4-17(12-23(22)31)15-36-11-10-18-2-1-3-25(27(18)29(36)37)33-14-20-6-9-26(38-20)19-5-8-24-21(13-19)28(32)35-16-34-24/h1-9,12-13,16,33H,10-11,14-15H2,(H2,32,34,35). The van der Waals surface area contributed by atoms with Gasteiger partial charge in [-0.2, -0.15) is 0 Å². The van der Waals surface area contributed by atoms with Gasteiger partial charge in [0.05, 0.1) is 11.1 Å². The van der Waals surface area contributed by atoms with Crippen molar-refractivity contribution in [2.24, 2.45) is 0 Å². The van der Waals surface area contributed by atoms with Crippen molar-refractivity contribution in [3.05, 3.63) is 106 Å². The minimum Gasteiger partial charge on any atom is -0.383 e. The number of nitrogen functional groups attached to an aromatic ring is 1. The molecule has 190 valence electrons. The van der Waals surface area contributed by atoms with E-state index in [1.165, 1.54) is 12.4 Å². The highest BCUT2D eigenvalue weighted by Gasteiger charge is 2.27. The highest BCUT2D eigenvalue weighted by molar-refractivity contribution is 7.15. The molecule has 3 aromatic carbocycles. The molecule has 0 saturated carbocycles. The molecule has 9 heteroatoms. The van der Waals surface area contributed by atoms with Crippen LogP contribution in [0.15, 0.2) is 73.1 Å². The number of hydrogen-bond acceptors (Lipinski definition) is 6. The highest BCUT2D eigenvalue weighted by Crippen LogP contribution is 2.33. The van der Waals surface area contributed by atoms with Crippen LogP contribution < -0.4 is 11.1 Å². The van der Waals surface area contributed by atoms with Crippen molar-refractivity contribution in [3.8, 4) is 10.4 Å². The fourth-order valence-electron chi connectivity index (χ4n) is 4.77. The number of rotatable bonds is 6. The monoisotopic (exact) mass is 527 g/mol. The maximum atomic E-state index is 13.7. The van der Waals surface area contributed by atoms with Gasteiger partial charge in [0.15, 0.2) is 11.6 Å².